The van der Waals surface area contributed by atoms with Crippen molar-refractivity contribution < 1.29 is 26.8 Å². The van der Waals surface area contributed by atoms with Crippen molar-refractivity contribution in [2.75, 3.05) is 0 Å². The summed E-state index contributed by atoms with van der Waals surface area (Å²) in [6.45, 7) is 1.03. The molecule has 7 heteroatoms. The zero-order valence-electron chi connectivity index (χ0n) is 6.16. The van der Waals surface area contributed by atoms with Crippen LogP contribution in [0.1, 0.15) is 13.3 Å². The number of hydrogen-bond donors (Lipinski definition) is 1. The molecule has 0 aliphatic heterocycles. The van der Waals surface area contributed by atoms with Crippen LogP contribution in [0.15, 0.2) is 0 Å². The van der Waals surface area contributed by atoms with Crippen LogP contribution in [0.5, 0.6) is 0 Å². The van der Waals surface area contributed by atoms with Crippen LogP contribution >= 0.6 is 0 Å². The third-order valence-electron chi connectivity index (χ3n) is 1.19. The maximum atomic E-state index is 12.1. The van der Waals surface area contributed by atoms with Crippen LogP contribution in [0.4, 0.5) is 22.0 Å². The maximum Gasteiger partial charge on any atom is 0.453 e. The van der Waals surface area contributed by atoms with Crippen LogP contribution in [0.25, 0.3) is 0 Å². The first-order valence-electron chi connectivity index (χ1n) is 3.01. The molecule has 0 aromatic heterocycles. The summed E-state index contributed by atoms with van der Waals surface area (Å²) in [6, 6.07) is 0. The van der Waals surface area contributed by atoms with Crippen LogP contribution in [0, 0.1) is 0 Å². The fraction of sp³-hybridized carbons (Fsp3) is 1.00. The Kier molecular flexibility index (Phi) is 3.40. The lowest BCUT2D eigenvalue weighted by Gasteiger charge is -2.21. The minimum atomic E-state index is -5.54. The first-order chi connectivity index (χ1) is 5.20. The Bertz CT molecular complexity index is 145. The smallest absolute Gasteiger partial charge is 0.301 e. The predicted molar refractivity (Wildman–Crippen MR) is 30.4 cm³/mol. The van der Waals surface area contributed by atoms with Crippen molar-refractivity contribution in [3.05, 3.63) is 0 Å². The standard InChI is InChI=1S/C5H8F5NO/c1-3(12-11)2-4(6,7)5(8,9)10/h3H,2,11H2,1H3. The van der Waals surface area contributed by atoms with E-state index in [0.717, 1.165) is 6.92 Å². The first kappa shape index (κ1) is 11.6. The van der Waals surface area contributed by atoms with Gasteiger partial charge in [-0.25, -0.2) is 5.90 Å². The highest BCUT2D eigenvalue weighted by atomic mass is 19.4. The molecule has 0 spiro atoms. The molecule has 1 atom stereocenters. The lowest BCUT2D eigenvalue weighted by Crippen LogP contribution is -2.39. The number of rotatable bonds is 3. The molecule has 1 unspecified atom stereocenters. The van der Waals surface area contributed by atoms with Gasteiger partial charge in [0.25, 0.3) is 0 Å². The number of hydrogen-bond acceptors (Lipinski definition) is 2. The van der Waals surface area contributed by atoms with Gasteiger partial charge in [-0.05, 0) is 6.92 Å². The second-order valence-electron chi connectivity index (χ2n) is 2.35. The van der Waals surface area contributed by atoms with Crippen molar-refractivity contribution in [2.24, 2.45) is 5.90 Å². The van der Waals surface area contributed by atoms with Gasteiger partial charge < -0.3 is 4.84 Å². The van der Waals surface area contributed by atoms with E-state index in [2.05, 4.69) is 10.7 Å². The monoisotopic (exact) mass is 193 g/mol. The summed E-state index contributed by atoms with van der Waals surface area (Å²) in [7, 11) is 0. The van der Waals surface area contributed by atoms with E-state index in [0.29, 0.717) is 0 Å². The molecule has 0 aromatic rings. The van der Waals surface area contributed by atoms with Gasteiger partial charge in [0.2, 0.25) is 0 Å². The van der Waals surface area contributed by atoms with Crippen molar-refractivity contribution in [2.45, 2.75) is 31.5 Å². The van der Waals surface area contributed by atoms with Crippen molar-refractivity contribution in [1.82, 2.24) is 0 Å². The molecule has 2 N–H and O–H groups in total. The van der Waals surface area contributed by atoms with Crippen molar-refractivity contribution >= 4 is 0 Å². The Hall–Kier alpha value is -0.430. The van der Waals surface area contributed by atoms with Gasteiger partial charge in [0.15, 0.2) is 0 Å². The topological polar surface area (TPSA) is 35.2 Å². The molecule has 0 rings (SSSR count). The Morgan fingerprint density at radius 3 is 1.92 bits per heavy atom. The van der Waals surface area contributed by atoms with Crippen LogP contribution < -0.4 is 5.90 Å². The summed E-state index contributed by atoms with van der Waals surface area (Å²) in [5, 5.41) is 0. The lowest BCUT2D eigenvalue weighted by atomic mass is 10.1. The lowest BCUT2D eigenvalue weighted by molar-refractivity contribution is -0.291. The third kappa shape index (κ3) is 2.90. The molecule has 0 fully saturated rings. The maximum absolute atomic E-state index is 12.1. The van der Waals surface area contributed by atoms with E-state index in [1.807, 2.05) is 0 Å². The minimum Gasteiger partial charge on any atom is -0.301 e. The first-order valence-corrected chi connectivity index (χ1v) is 3.01. The molecule has 0 radical (unpaired) electrons. The highest BCUT2D eigenvalue weighted by Gasteiger charge is 2.57. The molecule has 0 saturated heterocycles. The molecule has 0 heterocycles. The summed E-state index contributed by atoms with van der Waals surface area (Å²) in [6.07, 6.45) is -8.34. The van der Waals surface area contributed by atoms with Gasteiger partial charge in [0, 0.05) is 6.42 Å². The molecular formula is C5H8F5NO. The average Bonchev–Trinajstić information content (AvgIpc) is 1.84. The Morgan fingerprint density at radius 1 is 1.25 bits per heavy atom. The van der Waals surface area contributed by atoms with Gasteiger partial charge in [-0.2, -0.15) is 22.0 Å². The summed E-state index contributed by atoms with van der Waals surface area (Å²) in [5.41, 5.74) is 0. The van der Waals surface area contributed by atoms with Crippen molar-refractivity contribution in [3.8, 4) is 0 Å². The molecule has 2 nitrogen and oxygen atoms in total. The fourth-order valence-electron chi connectivity index (χ4n) is 0.525. The van der Waals surface area contributed by atoms with E-state index in [-0.39, 0.29) is 0 Å². The minimum absolute atomic E-state index is 1.03. The van der Waals surface area contributed by atoms with Crippen LogP contribution in [-0.2, 0) is 4.84 Å². The highest BCUT2D eigenvalue weighted by Crippen LogP contribution is 2.38. The summed E-state index contributed by atoms with van der Waals surface area (Å²) in [5.74, 6) is -0.322. The van der Waals surface area contributed by atoms with E-state index >= 15 is 0 Å². The molecule has 12 heavy (non-hydrogen) atoms. The normalized spacial score (nSPS) is 16.2. The predicted octanol–water partition coefficient (Wildman–Crippen LogP) is 1.85. The summed E-state index contributed by atoms with van der Waals surface area (Å²) in [4.78, 5) is 3.80. The molecule has 74 valence electrons. The molecule has 0 aliphatic rings. The third-order valence-corrected chi connectivity index (χ3v) is 1.19. The van der Waals surface area contributed by atoms with E-state index in [1.54, 1.807) is 0 Å². The molecular weight excluding hydrogens is 185 g/mol. The SMILES string of the molecule is CC(CC(F)(F)C(F)(F)F)ON. The van der Waals surface area contributed by atoms with Gasteiger partial charge in [-0.3, -0.25) is 0 Å². The number of alkyl halides is 5. The quantitative estimate of drug-likeness (QED) is 0.548. The largest absolute Gasteiger partial charge is 0.453 e. The Morgan fingerprint density at radius 2 is 1.67 bits per heavy atom. The molecule has 0 aliphatic carbocycles. The average molecular weight is 193 g/mol. The van der Waals surface area contributed by atoms with E-state index in [4.69, 9.17) is 0 Å². The zero-order chi connectivity index (χ0) is 9.99. The molecule has 0 aromatic carbocycles. The molecule has 0 bridgehead atoms. The second-order valence-corrected chi connectivity index (χ2v) is 2.35. The zero-order valence-corrected chi connectivity index (χ0v) is 6.16. The Balaban J connectivity index is 4.22. The van der Waals surface area contributed by atoms with E-state index in [9.17, 15) is 22.0 Å². The summed E-state index contributed by atoms with van der Waals surface area (Å²) < 4.78 is 58.7. The van der Waals surface area contributed by atoms with Crippen LogP contribution in [0.2, 0.25) is 0 Å². The highest BCUT2D eigenvalue weighted by molar-refractivity contribution is 4.77. The van der Waals surface area contributed by atoms with Gasteiger partial charge >= 0.3 is 12.1 Å². The fourth-order valence-corrected chi connectivity index (χ4v) is 0.525. The van der Waals surface area contributed by atoms with Gasteiger partial charge in [0.05, 0.1) is 6.10 Å². The number of nitrogens with two attached hydrogens (primary N) is 1. The van der Waals surface area contributed by atoms with E-state index in [1.165, 1.54) is 0 Å². The van der Waals surface area contributed by atoms with Gasteiger partial charge in [0.1, 0.15) is 0 Å². The van der Waals surface area contributed by atoms with E-state index < -0.39 is 24.6 Å². The van der Waals surface area contributed by atoms with Crippen LogP contribution in [0.3, 0.4) is 0 Å². The molecule has 0 saturated carbocycles. The van der Waals surface area contributed by atoms with Crippen LogP contribution in [-0.4, -0.2) is 18.2 Å². The molecule has 0 amide bonds. The summed E-state index contributed by atoms with van der Waals surface area (Å²) >= 11 is 0. The van der Waals surface area contributed by atoms with Gasteiger partial charge in [-0.15, -0.1) is 0 Å². The number of halogens is 5. The second kappa shape index (κ2) is 3.53. The van der Waals surface area contributed by atoms with Crippen molar-refractivity contribution in [3.63, 3.8) is 0 Å². The van der Waals surface area contributed by atoms with Gasteiger partial charge in [-0.1, -0.05) is 0 Å². The Labute approximate surface area is 65.4 Å². The van der Waals surface area contributed by atoms with Crippen molar-refractivity contribution in [1.29, 1.82) is 0 Å².